The summed E-state index contributed by atoms with van der Waals surface area (Å²) in [7, 11) is 1.78. The fraction of sp³-hybridized carbons (Fsp3) is 0.615. The number of nitrogens with two attached hydrogens (primary N) is 1. The third-order valence-electron chi connectivity index (χ3n) is 3.52. The summed E-state index contributed by atoms with van der Waals surface area (Å²) < 4.78 is 6.47. The van der Waals surface area contributed by atoms with Gasteiger partial charge in [0.25, 0.3) is 0 Å². The van der Waals surface area contributed by atoms with Crippen molar-refractivity contribution in [1.29, 1.82) is 0 Å². The average molecular weight is 314 g/mol. The summed E-state index contributed by atoms with van der Waals surface area (Å²) in [6.07, 6.45) is 6.33. The minimum absolute atomic E-state index is 0.230. The second kappa shape index (κ2) is 6.61. The molecule has 0 bridgehead atoms. The molecule has 4 nitrogen and oxygen atoms in total. The zero-order valence-electron chi connectivity index (χ0n) is 10.7. The van der Waals surface area contributed by atoms with Crippen molar-refractivity contribution < 1.29 is 4.74 Å². The molecule has 2 atom stereocenters. The van der Waals surface area contributed by atoms with Gasteiger partial charge < -0.3 is 10.5 Å². The van der Waals surface area contributed by atoms with E-state index in [9.17, 15) is 0 Å². The van der Waals surface area contributed by atoms with E-state index in [1.54, 1.807) is 13.3 Å². The zero-order chi connectivity index (χ0) is 13.0. The molecule has 5 heteroatoms. The van der Waals surface area contributed by atoms with E-state index in [1.165, 1.54) is 5.56 Å². The van der Waals surface area contributed by atoms with Gasteiger partial charge in [-0.05, 0) is 46.9 Å². The Labute approximate surface area is 117 Å². The lowest BCUT2D eigenvalue weighted by Gasteiger charge is -2.37. The molecule has 1 aliphatic heterocycles. The lowest BCUT2D eigenvalue weighted by atomic mass is 10.0. The Hall–Kier alpha value is -0.490. The minimum atomic E-state index is 0.230. The molecule has 0 spiro atoms. The van der Waals surface area contributed by atoms with E-state index in [-0.39, 0.29) is 6.04 Å². The number of likely N-dealkylation sites (tertiary alicyclic amines) is 1. The highest BCUT2D eigenvalue weighted by Crippen LogP contribution is 2.25. The molecule has 0 radical (unpaired) electrons. The van der Waals surface area contributed by atoms with Crippen molar-refractivity contribution in [2.45, 2.75) is 25.0 Å². The molecule has 18 heavy (non-hydrogen) atoms. The number of nitrogens with zero attached hydrogens (tertiary/aromatic N) is 2. The highest BCUT2D eigenvalue weighted by Gasteiger charge is 2.26. The summed E-state index contributed by atoms with van der Waals surface area (Å²) >= 11 is 3.46. The smallest absolute Gasteiger partial charge is 0.0698 e. The summed E-state index contributed by atoms with van der Waals surface area (Å²) in [6, 6.07) is 2.33. The van der Waals surface area contributed by atoms with Crippen LogP contribution in [0.15, 0.2) is 22.9 Å². The van der Waals surface area contributed by atoms with Gasteiger partial charge in [-0.2, -0.15) is 0 Å². The topological polar surface area (TPSA) is 51.4 Å². The highest BCUT2D eigenvalue weighted by atomic mass is 79.9. The normalized spacial score (nSPS) is 22.9. The average Bonchev–Trinajstić information content (AvgIpc) is 2.40. The molecule has 1 aromatic heterocycles. The van der Waals surface area contributed by atoms with Gasteiger partial charge in [0.05, 0.1) is 6.10 Å². The van der Waals surface area contributed by atoms with Crippen LogP contribution in [0.3, 0.4) is 0 Å². The van der Waals surface area contributed by atoms with Gasteiger partial charge in [-0.1, -0.05) is 0 Å². The standard InChI is InChI=1S/C13H20BrN3O/c1-18-12-3-2-4-17(9-12)13(6-15)10-5-11(14)8-16-7-10/h5,7-8,12-13H,2-4,6,9,15H2,1H3. The van der Waals surface area contributed by atoms with Gasteiger partial charge >= 0.3 is 0 Å². The van der Waals surface area contributed by atoms with Crippen LogP contribution in [0.25, 0.3) is 0 Å². The van der Waals surface area contributed by atoms with E-state index in [1.807, 2.05) is 6.20 Å². The van der Waals surface area contributed by atoms with E-state index in [0.717, 1.165) is 30.4 Å². The molecule has 2 rings (SSSR count). The molecule has 2 unspecified atom stereocenters. The van der Waals surface area contributed by atoms with Gasteiger partial charge in [-0.15, -0.1) is 0 Å². The Morgan fingerprint density at radius 1 is 1.61 bits per heavy atom. The number of hydrogen-bond acceptors (Lipinski definition) is 4. The van der Waals surface area contributed by atoms with Gasteiger partial charge in [0.2, 0.25) is 0 Å². The van der Waals surface area contributed by atoms with Crippen LogP contribution in [0, 0.1) is 0 Å². The predicted molar refractivity (Wildman–Crippen MR) is 75.3 cm³/mol. The molecule has 0 aliphatic carbocycles. The van der Waals surface area contributed by atoms with E-state index in [4.69, 9.17) is 10.5 Å². The summed E-state index contributed by atoms with van der Waals surface area (Å²) in [5.41, 5.74) is 7.12. The summed E-state index contributed by atoms with van der Waals surface area (Å²) in [4.78, 5) is 6.63. The van der Waals surface area contributed by atoms with Crippen LogP contribution in [0.2, 0.25) is 0 Å². The first-order valence-electron chi connectivity index (χ1n) is 6.32. The van der Waals surface area contributed by atoms with E-state index in [0.29, 0.717) is 12.6 Å². The van der Waals surface area contributed by atoms with Gasteiger partial charge in [-0.3, -0.25) is 9.88 Å². The quantitative estimate of drug-likeness (QED) is 0.923. The number of methoxy groups -OCH3 is 1. The second-order valence-electron chi connectivity index (χ2n) is 4.68. The van der Waals surface area contributed by atoms with Crippen molar-refractivity contribution >= 4 is 15.9 Å². The van der Waals surface area contributed by atoms with Crippen molar-refractivity contribution in [2.75, 3.05) is 26.7 Å². The van der Waals surface area contributed by atoms with Gasteiger partial charge in [0.1, 0.15) is 0 Å². The van der Waals surface area contributed by atoms with Crippen molar-refractivity contribution in [3.63, 3.8) is 0 Å². The van der Waals surface area contributed by atoms with Crippen LogP contribution in [-0.4, -0.2) is 42.7 Å². The maximum Gasteiger partial charge on any atom is 0.0698 e. The maximum atomic E-state index is 5.95. The number of ether oxygens (including phenoxy) is 1. The Morgan fingerprint density at radius 2 is 2.44 bits per heavy atom. The number of piperidine rings is 1. The van der Waals surface area contributed by atoms with Crippen LogP contribution in [-0.2, 0) is 4.74 Å². The summed E-state index contributed by atoms with van der Waals surface area (Å²) in [5.74, 6) is 0. The predicted octanol–water partition coefficient (Wildman–Crippen LogP) is 1.95. The maximum absolute atomic E-state index is 5.95. The summed E-state index contributed by atoms with van der Waals surface area (Å²) in [5, 5.41) is 0. The fourth-order valence-electron chi connectivity index (χ4n) is 2.55. The number of aromatic nitrogens is 1. The van der Waals surface area contributed by atoms with Crippen molar-refractivity contribution in [3.8, 4) is 0 Å². The molecule has 1 saturated heterocycles. The number of pyridine rings is 1. The SMILES string of the molecule is COC1CCCN(C(CN)c2cncc(Br)c2)C1. The van der Waals surface area contributed by atoms with Gasteiger partial charge in [0.15, 0.2) is 0 Å². The van der Waals surface area contributed by atoms with Crippen LogP contribution in [0.1, 0.15) is 24.4 Å². The Bertz CT molecular complexity index is 388. The Kier molecular flexibility index (Phi) is 5.12. The molecular weight excluding hydrogens is 294 g/mol. The summed E-state index contributed by atoms with van der Waals surface area (Å²) in [6.45, 7) is 2.63. The van der Waals surface area contributed by atoms with Crippen molar-refractivity contribution in [2.24, 2.45) is 5.73 Å². The first-order chi connectivity index (χ1) is 8.74. The Morgan fingerprint density at radius 3 is 3.11 bits per heavy atom. The lowest BCUT2D eigenvalue weighted by molar-refractivity contribution is 0.0154. The first-order valence-corrected chi connectivity index (χ1v) is 7.11. The monoisotopic (exact) mass is 313 g/mol. The van der Waals surface area contributed by atoms with Crippen LogP contribution >= 0.6 is 15.9 Å². The molecule has 0 saturated carbocycles. The van der Waals surface area contributed by atoms with Crippen LogP contribution in [0.5, 0.6) is 0 Å². The van der Waals surface area contributed by atoms with Crippen LogP contribution < -0.4 is 5.73 Å². The number of hydrogen-bond donors (Lipinski definition) is 1. The number of halogens is 1. The molecule has 1 fully saturated rings. The molecule has 2 heterocycles. The van der Waals surface area contributed by atoms with E-state index < -0.39 is 0 Å². The lowest BCUT2D eigenvalue weighted by Crippen LogP contribution is -2.43. The Balaban J connectivity index is 2.12. The fourth-order valence-corrected chi connectivity index (χ4v) is 2.93. The third-order valence-corrected chi connectivity index (χ3v) is 3.95. The largest absolute Gasteiger partial charge is 0.380 e. The van der Waals surface area contributed by atoms with Gasteiger partial charge in [0, 0.05) is 43.1 Å². The van der Waals surface area contributed by atoms with Crippen LogP contribution in [0.4, 0.5) is 0 Å². The van der Waals surface area contributed by atoms with E-state index in [2.05, 4.69) is 31.9 Å². The molecule has 0 amide bonds. The molecule has 1 aromatic rings. The third kappa shape index (κ3) is 3.29. The highest BCUT2D eigenvalue weighted by molar-refractivity contribution is 9.10. The first kappa shape index (κ1) is 13.9. The molecule has 1 aliphatic rings. The zero-order valence-corrected chi connectivity index (χ0v) is 12.3. The second-order valence-corrected chi connectivity index (χ2v) is 5.60. The molecule has 100 valence electrons. The molecular formula is C13H20BrN3O. The van der Waals surface area contributed by atoms with Gasteiger partial charge in [-0.25, -0.2) is 0 Å². The van der Waals surface area contributed by atoms with E-state index >= 15 is 0 Å². The molecule has 0 aromatic carbocycles. The molecule has 2 N–H and O–H groups in total. The van der Waals surface area contributed by atoms with Crippen molar-refractivity contribution in [3.05, 3.63) is 28.5 Å². The minimum Gasteiger partial charge on any atom is -0.380 e. The number of rotatable bonds is 4. The van der Waals surface area contributed by atoms with Crippen molar-refractivity contribution in [1.82, 2.24) is 9.88 Å².